The monoisotopic (exact) mass is 118 g/mol. The van der Waals surface area contributed by atoms with Crippen LogP contribution in [0.3, 0.4) is 0 Å². The smallest absolute Gasteiger partial charge is 0.101 e. The fourth-order valence-electron chi connectivity index (χ4n) is 1.03. The second-order valence-corrected chi connectivity index (χ2v) is 2.39. The first-order valence-corrected chi connectivity index (χ1v) is 2.96. The molecule has 1 aliphatic carbocycles. The van der Waals surface area contributed by atoms with E-state index in [1.165, 1.54) is 0 Å². The summed E-state index contributed by atoms with van der Waals surface area (Å²) in [5.41, 5.74) is 0. The van der Waals surface area contributed by atoms with E-state index >= 15 is 0 Å². The Hall–Kier alpha value is -0.110. The third-order valence-electron chi connectivity index (χ3n) is 1.58. The highest BCUT2D eigenvalue weighted by molar-refractivity contribution is 4.78. The molecule has 0 saturated heterocycles. The van der Waals surface area contributed by atoms with Crippen LogP contribution in [-0.2, 0) is 4.74 Å². The Morgan fingerprint density at radius 3 is 2.62 bits per heavy atom. The first-order valence-electron chi connectivity index (χ1n) is 2.96. The largest absolute Gasteiger partial charge is 0.384 e. The second-order valence-electron chi connectivity index (χ2n) is 2.39. The summed E-state index contributed by atoms with van der Waals surface area (Å²) in [6.07, 6.45) is 0.900. The molecule has 1 fully saturated rings. The molecule has 0 aliphatic heterocycles. The highest BCUT2D eigenvalue weighted by atomic mass is 19.1. The molecule has 0 atom stereocenters. The van der Waals surface area contributed by atoms with Gasteiger partial charge in [0, 0.05) is 13.7 Å². The zero-order chi connectivity index (χ0) is 5.98. The van der Waals surface area contributed by atoms with Gasteiger partial charge in [-0.1, -0.05) is 0 Å². The fraction of sp³-hybridized carbons (Fsp3) is 1.00. The van der Waals surface area contributed by atoms with Crippen molar-refractivity contribution in [1.82, 2.24) is 0 Å². The summed E-state index contributed by atoms with van der Waals surface area (Å²) in [4.78, 5) is 0. The van der Waals surface area contributed by atoms with Crippen molar-refractivity contribution in [3.63, 3.8) is 0 Å². The standard InChI is InChI=1S/C6H11FO/c1-8-4-5-2-6(7)3-5/h5-6H,2-4H2,1H3. The van der Waals surface area contributed by atoms with Gasteiger partial charge in [0.2, 0.25) is 0 Å². The Bertz CT molecular complexity index is 66.2. The van der Waals surface area contributed by atoms with Crippen molar-refractivity contribution < 1.29 is 9.13 Å². The van der Waals surface area contributed by atoms with Crippen LogP contribution in [0.25, 0.3) is 0 Å². The maximum atomic E-state index is 12.0. The van der Waals surface area contributed by atoms with Gasteiger partial charge in [-0.15, -0.1) is 0 Å². The Kier molecular flexibility index (Phi) is 1.84. The normalized spacial score (nSPS) is 36.8. The third kappa shape index (κ3) is 1.19. The molecule has 0 amide bonds. The van der Waals surface area contributed by atoms with Crippen LogP contribution in [0.1, 0.15) is 12.8 Å². The van der Waals surface area contributed by atoms with Crippen molar-refractivity contribution in [3.8, 4) is 0 Å². The number of rotatable bonds is 2. The molecule has 0 aromatic heterocycles. The molecular weight excluding hydrogens is 107 g/mol. The molecule has 1 saturated carbocycles. The lowest BCUT2D eigenvalue weighted by molar-refractivity contribution is 0.0529. The van der Waals surface area contributed by atoms with Crippen molar-refractivity contribution in [2.45, 2.75) is 19.0 Å². The molecule has 0 aromatic carbocycles. The number of ether oxygens (including phenoxy) is 1. The fourth-order valence-corrected chi connectivity index (χ4v) is 1.03. The molecule has 1 aliphatic rings. The van der Waals surface area contributed by atoms with Gasteiger partial charge in [-0.3, -0.25) is 0 Å². The van der Waals surface area contributed by atoms with Gasteiger partial charge in [-0.25, -0.2) is 4.39 Å². The highest BCUT2D eigenvalue weighted by Gasteiger charge is 2.28. The van der Waals surface area contributed by atoms with Gasteiger partial charge in [0.1, 0.15) is 6.17 Å². The van der Waals surface area contributed by atoms with E-state index in [0.717, 1.165) is 6.61 Å². The lowest BCUT2D eigenvalue weighted by Crippen LogP contribution is -2.28. The van der Waals surface area contributed by atoms with E-state index in [-0.39, 0.29) is 0 Å². The topological polar surface area (TPSA) is 9.23 Å². The Morgan fingerprint density at radius 1 is 1.62 bits per heavy atom. The molecule has 0 bridgehead atoms. The van der Waals surface area contributed by atoms with E-state index < -0.39 is 6.17 Å². The summed E-state index contributed by atoms with van der Waals surface area (Å²) in [6, 6.07) is 0. The molecule has 0 heterocycles. The number of methoxy groups -OCH3 is 1. The van der Waals surface area contributed by atoms with Gasteiger partial charge in [0.25, 0.3) is 0 Å². The van der Waals surface area contributed by atoms with E-state index in [4.69, 9.17) is 4.74 Å². The van der Waals surface area contributed by atoms with Crippen LogP contribution >= 0.6 is 0 Å². The summed E-state index contributed by atoms with van der Waals surface area (Å²) >= 11 is 0. The van der Waals surface area contributed by atoms with Gasteiger partial charge in [-0.05, 0) is 18.8 Å². The number of hydrogen-bond acceptors (Lipinski definition) is 1. The average molecular weight is 118 g/mol. The van der Waals surface area contributed by atoms with Crippen LogP contribution in [0.15, 0.2) is 0 Å². The van der Waals surface area contributed by atoms with Crippen LogP contribution < -0.4 is 0 Å². The van der Waals surface area contributed by atoms with E-state index in [2.05, 4.69) is 0 Å². The molecular formula is C6H11FO. The van der Waals surface area contributed by atoms with E-state index in [9.17, 15) is 4.39 Å². The summed E-state index contributed by atoms with van der Waals surface area (Å²) in [5, 5.41) is 0. The Balaban J connectivity index is 1.98. The van der Waals surface area contributed by atoms with Crippen LogP contribution in [0, 0.1) is 5.92 Å². The minimum atomic E-state index is -0.532. The predicted molar refractivity (Wildman–Crippen MR) is 29.5 cm³/mol. The number of hydrogen-bond donors (Lipinski definition) is 0. The van der Waals surface area contributed by atoms with Gasteiger partial charge in [0.05, 0.1) is 0 Å². The predicted octanol–water partition coefficient (Wildman–Crippen LogP) is 1.38. The van der Waals surface area contributed by atoms with Crippen LogP contribution in [0.5, 0.6) is 0 Å². The summed E-state index contributed by atoms with van der Waals surface area (Å²) < 4.78 is 16.9. The van der Waals surface area contributed by atoms with Gasteiger partial charge in [-0.2, -0.15) is 0 Å². The first kappa shape index (κ1) is 6.02. The highest BCUT2D eigenvalue weighted by Crippen LogP contribution is 2.29. The van der Waals surface area contributed by atoms with Crippen molar-refractivity contribution in [2.75, 3.05) is 13.7 Å². The van der Waals surface area contributed by atoms with Crippen molar-refractivity contribution in [3.05, 3.63) is 0 Å². The van der Waals surface area contributed by atoms with Crippen molar-refractivity contribution in [1.29, 1.82) is 0 Å². The van der Waals surface area contributed by atoms with E-state index in [1.54, 1.807) is 7.11 Å². The minimum Gasteiger partial charge on any atom is -0.384 e. The molecule has 0 radical (unpaired) electrons. The summed E-state index contributed by atoms with van der Waals surface area (Å²) in [7, 11) is 1.66. The molecule has 2 heteroatoms. The van der Waals surface area contributed by atoms with Gasteiger partial charge < -0.3 is 4.74 Å². The molecule has 0 unspecified atom stereocenters. The summed E-state index contributed by atoms with van der Waals surface area (Å²) in [5.74, 6) is 0.509. The Morgan fingerprint density at radius 2 is 2.25 bits per heavy atom. The molecule has 0 N–H and O–H groups in total. The van der Waals surface area contributed by atoms with E-state index in [1.807, 2.05) is 0 Å². The summed E-state index contributed by atoms with van der Waals surface area (Å²) in [6.45, 7) is 0.737. The first-order chi connectivity index (χ1) is 3.83. The molecule has 48 valence electrons. The lowest BCUT2D eigenvalue weighted by atomic mass is 9.84. The average Bonchev–Trinajstić information content (AvgIpc) is 1.64. The van der Waals surface area contributed by atoms with Crippen molar-refractivity contribution >= 4 is 0 Å². The zero-order valence-electron chi connectivity index (χ0n) is 5.06. The number of halogens is 1. The zero-order valence-corrected chi connectivity index (χ0v) is 5.06. The van der Waals surface area contributed by atoms with Crippen molar-refractivity contribution in [2.24, 2.45) is 5.92 Å². The van der Waals surface area contributed by atoms with Crippen LogP contribution in [-0.4, -0.2) is 19.9 Å². The maximum absolute atomic E-state index is 12.0. The molecule has 0 aromatic rings. The SMILES string of the molecule is COCC1CC(F)C1. The molecule has 0 spiro atoms. The Labute approximate surface area is 48.8 Å². The molecule has 1 rings (SSSR count). The van der Waals surface area contributed by atoms with E-state index in [0.29, 0.717) is 18.8 Å². The van der Waals surface area contributed by atoms with Crippen LogP contribution in [0.4, 0.5) is 4.39 Å². The maximum Gasteiger partial charge on any atom is 0.101 e. The van der Waals surface area contributed by atoms with Gasteiger partial charge >= 0.3 is 0 Å². The molecule has 1 nitrogen and oxygen atoms in total. The third-order valence-corrected chi connectivity index (χ3v) is 1.58. The molecule has 8 heavy (non-hydrogen) atoms. The second kappa shape index (κ2) is 2.44. The van der Waals surface area contributed by atoms with Gasteiger partial charge in [0.15, 0.2) is 0 Å². The number of alkyl halides is 1. The van der Waals surface area contributed by atoms with Crippen LogP contribution in [0.2, 0.25) is 0 Å². The lowest BCUT2D eigenvalue weighted by Gasteiger charge is -2.28. The minimum absolute atomic E-state index is 0.509. The quantitative estimate of drug-likeness (QED) is 0.532.